The molecule has 140 valence electrons. The Balaban J connectivity index is 1.53. The van der Waals surface area contributed by atoms with Crippen LogP contribution in [0, 0.1) is 5.92 Å². The molecule has 2 aromatic rings. The van der Waals surface area contributed by atoms with E-state index in [1.807, 2.05) is 6.07 Å². The van der Waals surface area contributed by atoms with Crippen molar-refractivity contribution in [2.45, 2.75) is 64.2 Å². The van der Waals surface area contributed by atoms with Crippen LogP contribution in [-0.4, -0.2) is 0 Å². The van der Waals surface area contributed by atoms with E-state index in [4.69, 9.17) is 16.2 Å². The number of ether oxygens (including phenoxy) is 1. The van der Waals surface area contributed by atoms with Crippen LogP contribution in [0.3, 0.4) is 0 Å². The van der Waals surface area contributed by atoms with Crippen LogP contribution in [0.25, 0.3) is 0 Å². The van der Waals surface area contributed by atoms with Gasteiger partial charge in [-0.05, 0) is 73.4 Å². The zero-order valence-corrected chi connectivity index (χ0v) is 15.9. The summed E-state index contributed by atoms with van der Waals surface area (Å²) >= 11 is 0. The van der Waals surface area contributed by atoms with Crippen molar-refractivity contribution in [3.8, 4) is 11.5 Å². The van der Waals surface area contributed by atoms with Crippen LogP contribution in [0.2, 0.25) is 0 Å². The maximum atomic E-state index is 5.97. The quantitative estimate of drug-likeness (QED) is 0.442. The van der Waals surface area contributed by atoms with Crippen molar-refractivity contribution in [2.75, 3.05) is 11.5 Å². The monoisotopic (exact) mass is 352 g/mol. The molecule has 1 saturated carbocycles. The van der Waals surface area contributed by atoms with Crippen LogP contribution in [0.15, 0.2) is 42.5 Å². The zero-order chi connectivity index (χ0) is 18.4. The van der Waals surface area contributed by atoms with Crippen LogP contribution in [-0.2, 0) is 0 Å². The summed E-state index contributed by atoms with van der Waals surface area (Å²) in [7, 11) is 0. The first-order chi connectivity index (χ1) is 12.7. The van der Waals surface area contributed by atoms with Crippen LogP contribution < -0.4 is 16.2 Å². The molecule has 0 aromatic heterocycles. The summed E-state index contributed by atoms with van der Waals surface area (Å²) in [6.07, 6.45) is 11.0. The van der Waals surface area contributed by atoms with E-state index in [-0.39, 0.29) is 0 Å². The number of nitrogens with two attached hydrogens (primary N) is 2. The Labute approximate surface area is 157 Å². The number of rotatable bonds is 7. The second kappa shape index (κ2) is 8.98. The molecular formula is C23H32N2O. The zero-order valence-electron chi connectivity index (χ0n) is 15.9. The van der Waals surface area contributed by atoms with Crippen molar-refractivity contribution in [2.24, 2.45) is 5.92 Å². The molecule has 0 aliphatic heterocycles. The van der Waals surface area contributed by atoms with E-state index >= 15 is 0 Å². The number of nitrogen functional groups attached to an aromatic ring is 2. The summed E-state index contributed by atoms with van der Waals surface area (Å²) in [5.74, 6) is 3.12. The first-order valence-corrected chi connectivity index (χ1v) is 10.1. The van der Waals surface area contributed by atoms with Crippen molar-refractivity contribution in [3.05, 3.63) is 48.0 Å². The predicted octanol–water partition coefficient (Wildman–Crippen LogP) is 6.50. The first kappa shape index (κ1) is 18.6. The molecular weight excluding hydrogens is 320 g/mol. The molecule has 26 heavy (non-hydrogen) atoms. The summed E-state index contributed by atoms with van der Waals surface area (Å²) in [5.41, 5.74) is 14.4. The predicted molar refractivity (Wildman–Crippen MR) is 111 cm³/mol. The Kier molecular flexibility index (Phi) is 6.43. The van der Waals surface area contributed by atoms with E-state index in [1.165, 1.54) is 56.9 Å². The summed E-state index contributed by atoms with van der Waals surface area (Å²) in [5, 5.41) is 0. The minimum Gasteiger partial charge on any atom is -0.455 e. The van der Waals surface area contributed by atoms with Crippen molar-refractivity contribution in [1.29, 1.82) is 0 Å². The molecule has 0 radical (unpaired) electrons. The fourth-order valence-corrected chi connectivity index (χ4v) is 4.06. The SMILES string of the molecule is CCCCCC1CCC(c2ccc(Oc3ccc(N)cc3N)cc2)CC1. The van der Waals surface area contributed by atoms with E-state index in [0.717, 1.165) is 11.7 Å². The lowest BCUT2D eigenvalue weighted by Gasteiger charge is -2.29. The van der Waals surface area contributed by atoms with Crippen LogP contribution in [0.1, 0.15) is 69.8 Å². The Hall–Kier alpha value is -2.16. The third-order valence-corrected chi connectivity index (χ3v) is 5.68. The molecule has 0 saturated heterocycles. The van der Waals surface area contributed by atoms with Gasteiger partial charge >= 0.3 is 0 Å². The third kappa shape index (κ3) is 4.94. The van der Waals surface area contributed by atoms with E-state index < -0.39 is 0 Å². The second-order valence-electron chi connectivity index (χ2n) is 7.68. The summed E-state index contributed by atoms with van der Waals surface area (Å²) in [4.78, 5) is 0. The van der Waals surface area contributed by atoms with Gasteiger partial charge in [-0.25, -0.2) is 0 Å². The molecule has 0 bridgehead atoms. The summed E-state index contributed by atoms with van der Waals surface area (Å²) in [6.45, 7) is 2.28. The number of hydrogen-bond acceptors (Lipinski definition) is 3. The largest absolute Gasteiger partial charge is 0.455 e. The third-order valence-electron chi connectivity index (χ3n) is 5.68. The second-order valence-corrected chi connectivity index (χ2v) is 7.68. The fraction of sp³-hybridized carbons (Fsp3) is 0.478. The molecule has 0 amide bonds. The van der Waals surface area contributed by atoms with Crippen molar-refractivity contribution in [1.82, 2.24) is 0 Å². The summed E-state index contributed by atoms with van der Waals surface area (Å²) in [6, 6.07) is 13.9. The Morgan fingerprint density at radius 2 is 1.65 bits per heavy atom. The average Bonchev–Trinajstić information content (AvgIpc) is 2.65. The molecule has 0 unspecified atom stereocenters. The molecule has 3 heteroatoms. The standard InChI is InChI=1S/C23H32N2O/c1-2-3-4-5-17-6-8-18(9-7-17)19-10-13-21(14-11-19)26-23-15-12-20(24)16-22(23)25/h10-18H,2-9,24-25H2,1H3. The Morgan fingerprint density at radius 3 is 2.31 bits per heavy atom. The molecule has 4 N–H and O–H groups in total. The van der Waals surface area contributed by atoms with Crippen molar-refractivity contribution >= 4 is 11.4 Å². The van der Waals surface area contributed by atoms with Crippen molar-refractivity contribution in [3.63, 3.8) is 0 Å². The molecule has 0 spiro atoms. The average molecular weight is 353 g/mol. The molecule has 3 rings (SSSR count). The highest BCUT2D eigenvalue weighted by Gasteiger charge is 2.22. The van der Waals surface area contributed by atoms with Gasteiger partial charge in [0.25, 0.3) is 0 Å². The van der Waals surface area contributed by atoms with Crippen molar-refractivity contribution < 1.29 is 4.74 Å². The molecule has 3 nitrogen and oxygen atoms in total. The van der Waals surface area contributed by atoms with Gasteiger partial charge in [-0.15, -0.1) is 0 Å². The van der Waals surface area contributed by atoms with E-state index in [2.05, 4.69) is 31.2 Å². The topological polar surface area (TPSA) is 61.3 Å². The first-order valence-electron chi connectivity index (χ1n) is 10.1. The highest BCUT2D eigenvalue weighted by Crippen LogP contribution is 2.38. The lowest BCUT2D eigenvalue weighted by Crippen LogP contribution is -2.13. The van der Waals surface area contributed by atoms with Gasteiger partial charge in [-0.2, -0.15) is 0 Å². The van der Waals surface area contributed by atoms with Crippen LogP contribution >= 0.6 is 0 Å². The van der Waals surface area contributed by atoms with Crippen LogP contribution in [0.4, 0.5) is 11.4 Å². The van der Waals surface area contributed by atoms with Gasteiger partial charge in [0.1, 0.15) is 11.5 Å². The number of benzene rings is 2. The van der Waals surface area contributed by atoms with E-state index in [9.17, 15) is 0 Å². The fourth-order valence-electron chi connectivity index (χ4n) is 4.06. The lowest BCUT2D eigenvalue weighted by atomic mass is 9.77. The molecule has 0 atom stereocenters. The smallest absolute Gasteiger partial charge is 0.150 e. The molecule has 1 fully saturated rings. The number of anilines is 2. The highest BCUT2D eigenvalue weighted by atomic mass is 16.5. The maximum absolute atomic E-state index is 5.97. The number of hydrogen-bond donors (Lipinski definition) is 2. The highest BCUT2D eigenvalue weighted by molar-refractivity contribution is 5.61. The van der Waals surface area contributed by atoms with Gasteiger partial charge in [-0.3, -0.25) is 0 Å². The summed E-state index contributed by atoms with van der Waals surface area (Å²) < 4.78 is 5.90. The van der Waals surface area contributed by atoms with Gasteiger partial charge in [-0.1, -0.05) is 44.7 Å². The number of unbranched alkanes of at least 4 members (excludes halogenated alkanes) is 2. The minimum atomic E-state index is 0.565. The molecule has 1 aliphatic rings. The van der Waals surface area contributed by atoms with Gasteiger partial charge < -0.3 is 16.2 Å². The van der Waals surface area contributed by atoms with E-state index in [0.29, 0.717) is 23.0 Å². The van der Waals surface area contributed by atoms with Crippen LogP contribution in [0.5, 0.6) is 11.5 Å². The molecule has 0 heterocycles. The Morgan fingerprint density at radius 1 is 0.923 bits per heavy atom. The molecule has 1 aliphatic carbocycles. The molecule has 2 aromatic carbocycles. The van der Waals surface area contributed by atoms with Gasteiger partial charge in [0.05, 0.1) is 5.69 Å². The maximum Gasteiger partial charge on any atom is 0.150 e. The van der Waals surface area contributed by atoms with Gasteiger partial charge in [0, 0.05) is 5.69 Å². The minimum absolute atomic E-state index is 0.565. The lowest BCUT2D eigenvalue weighted by molar-refractivity contribution is 0.302. The van der Waals surface area contributed by atoms with Gasteiger partial charge in [0.15, 0.2) is 0 Å². The normalized spacial score (nSPS) is 20.0. The Bertz CT molecular complexity index is 688. The van der Waals surface area contributed by atoms with Gasteiger partial charge in [0.2, 0.25) is 0 Å². The van der Waals surface area contributed by atoms with E-state index in [1.54, 1.807) is 12.1 Å².